The van der Waals surface area contributed by atoms with Crippen molar-refractivity contribution < 1.29 is 4.74 Å². The lowest BCUT2D eigenvalue weighted by molar-refractivity contribution is -0.110. The molecule has 0 aromatic rings. The molecule has 0 spiro atoms. The van der Waals surface area contributed by atoms with Gasteiger partial charge in [0.05, 0.1) is 11.6 Å². The first-order valence-corrected chi connectivity index (χ1v) is 5.71. The van der Waals surface area contributed by atoms with E-state index in [1.807, 2.05) is 7.11 Å². The summed E-state index contributed by atoms with van der Waals surface area (Å²) >= 11 is 0. The van der Waals surface area contributed by atoms with Crippen LogP contribution in [0.25, 0.3) is 0 Å². The highest BCUT2D eigenvalue weighted by Gasteiger charge is 2.45. The molecule has 2 atom stereocenters. The van der Waals surface area contributed by atoms with Gasteiger partial charge in [0.1, 0.15) is 0 Å². The Kier molecular flexibility index (Phi) is 4.35. The summed E-state index contributed by atoms with van der Waals surface area (Å²) < 4.78 is 5.65. The SMILES string of the molecule is CCCC(C)C(NN)C1(OC)CCC1. The molecule has 0 aliphatic heterocycles. The number of methoxy groups -OCH3 is 1. The van der Waals surface area contributed by atoms with Crippen molar-refractivity contribution in [2.45, 2.75) is 57.6 Å². The third-order valence-corrected chi connectivity index (χ3v) is 3.67. The third kappa shape index (κ3) is 2.10. The van der Waals surface area contributed by atoms with Crippen LogP contribution in [0.4, 0.5) is 0 Å². The Bertz CT molecular complexity index is 163. The van der Waals surface area contributed by atoms with E-state index in [1.54, 1.807) is 0 Å². The molecular formula is C11H24N2O. The second-order valence-corrected chi connectivity index (χ2v) is 4.53. The first-order chi connectivity index (χ1) is 6.70. The summed E-state index contributed by atoms with van der Waals surface area (Å²) in [5.41, 5.74) is 2.97. The third-order valence-electron chi connectivity index (χ3n) is 3.67. The minimum atomic E-state index is 0.0172. The van der Waals surface area contributed by atoms with E-state index < -0.39 is 0 Å². The molecule has 0 heterocycles. The normalized spacial score (nSPS) is 24.0. The smallest absolute Gasteiger partial charge is 0.0847 e. The largest absolute Gasteiger partial charge is 0.377 e. The molecule has 0 saturated heterocycles. The first-order valence-electron chi connectivity index (χ1n) is 5.71. The molecule has 0 bridgehead atoms. The minimum absolute atomic E-state index is 0.0172. The number of rotatable bonds is 6. The molecule has 3 N–H and O–H groups in total. The van der Waals surface area contributed by atoms with Gasteiger partial charge in [-0.05, 0) is 31.6 Å². The van der Waals surface area contributed by atoms with Crippen molar-refractivity contribution in [3.05, 3.63) is 0 Å². The quantitative estimate of drug-likeness (QED) is 0.508. The van der Waals surface area contributed by atoms with Gasteiger partial charge in [0.15, 0.2) is 0 Å². The van der Waals surface area contributed by atoms with Crippen LogP contribution in [0.3, 0.4) is 0 Å². The molecule has 0 aromatic carbocycles. The van der Waals surface area contributed by atoms with Crippen LogP contribution in [0.1, 0.15) is 46.0 Å². The molecule has 3 nitrogen and oxygen atoms in total. The Morgan fingerprint density at radius 1 is 1.50 bits per heavy atom. The lowest BCUT2D eigenvalue weighted by atomic mass is 9.70. The van der Waals surface area contributed by atoms with Crippen molar-refractivity contribution >= 4 is 0 Å². The fourth-order valence-corrected chi connectivity index (χ4v) is 2.62. The number of hydrogen-bond acceptors (Lipinski definition) is 3. The second-order valence-electron chi connectivity index (χ2n) is 4.53. The molecule has 1 saturated carbocycles. The average Bonchev–Trinajstić information content (AvgIpc) is 2.11. The maximum Gasteiger partial charge on any atom is 0.0847 e. The fraction of sp³-hybridized carbons (Fsp3) is 1.00. The van der Waals surface area contributed by atoms with E-state index in [4.69, 9.17) is 10.6 Å². The number of ether oxygens (including phenoxy) is 1. The molecule has 0 amide bonds. The monoisotopic (exact) mass is 200 g/mol. The minimum Gasteiger partial charge on any atom is -0.377 e. The van der Waals surface area contributed by atoms with E-state index in [1.165, 1.54) is 19.3 Å². The van der Waals surface area contributed by atoms with Gasteiger partial charge in [-0.25, -0.2) is 0 Å². The molecule has 84 valence electrons. The van der Waals surface area contributed by atoms with Gasteiger partial charge in [-0.3, -0.25) is 11.3 Å². The fourth-order valence-electron chi connectivity index (χ4n) is 2.62. The molecule has 1 fully saturated rings. The number of hydrogen-bond donors (Lipinski definition) is 2. The van der Waals surface area contributed by atoms with Crippen LogP contribution >= 0.6 is 0 Å². The molecule has 3 heteroatoms. The van der Waals surface area contributed by atoms with E-state index in [0.29, 0.717) is 12.0 Å². The van der Waals surface area contributed by atoms with Crippen LogP contribution in [0.2, 0.25) is 0 Å². The average molecular weight is 200 g/mol. The molecular weight excluding hydrogens is 176 g/mol. The van der Waals surface area contributed by atoms with Gasteiger partial charge in [0, 0.05) is 7.11 Å². The molecule has 1 aliphatic rings. The van der Waals surface area contributed by atoms with Crippen molar-refractivity contribution in [2.75, 3.05) is 7.11 Å². The maximum absolute atomic E-state index is 5.65. The maximum atomic E-state index is 5.65. The van der Waals surface area contributed by atoms with Crippen LogP contribution in [0.15, 0.2) is 0 Å². The van der Waals surface area contributed by atoms with Crippen molar-refractivity contribution in [3.8, 4) is 0 Å². The van der Waals surface area contributed by atoms with Crippen molar-refractivity contribution in [2.24, 2.45) is 11.8 Å². The zero-order valence-electron chi connectivity index (χ0n) is 9.68. The van der Waals surface area contributed by atoms with E-state index in [-0.39, 0.29) is 5.60 Å². The predicted octanol–water partition coefficient (Wildman–Crippen LogP) is 1.82. The predicted molar refractivity (Wildman–Crippen MR) is 58.8 cm³/mol. The van der Waals surface area contributed by atoms with Gasteiger partial charge < -0.3 is 4.74 Å². The topological polar surface area (TPSA) is 47.3 Å². The Labute approximate surface area is 87.4 Å². The van der Waals surface area contributed by atoms with Gasteiger partial charge >= 0.3 is 0 Å². The summed E-state index contributed by atoms with van der Waals surface area (Å²) in [5, 5.41) is 0. The standard InChI is InChI=1S/C11H24N2O/c1-4-6-9(2)10(13-12)11(14-3)7-5-8-11/h9-10,13H,4-8,12H2,1-3H3. The summed E-state index contributed by atoms with van der Waals surface area (Å²) in [6, 6.07) is 0.307. The Hall–Kier alpha value is -0.120. The van der Waals surface area contributed by atoms with Crippen LogP contribution in [-0.2, 0) is 4.74 Å². The molecule has 1 aliphatic carbocycles. The zero-order valence-corrected chi connectivity index (χ0v) is 9.68. The van der Waals surface area contributed by atoms with Gasteiger partial charge in [-0.2, -0.15) is 0 Å². The van der Waals surface area contributed by atoms with Crippen LogP contribution in [-0.4, -0.2) is 18.8 Å². The summed E-state index contributed by atoms with van der Waals surface area (Å²) in [6.07, 6.45) is 5.98. The van der Waals surface area contributed by atoms with Gasteiger partial charge in [-0.15, -0.1) is 0 Å². The molecule has 0 aromatic heterocycles. The number of hydrazine groups is 1. The number of nitrogens with one attached hydrogen (secondary N) is 1. The van der Waals surface area contributed by atoms with Crippen LogP contribution in [0.5, 0.6) is 0 Å². The zero-order chi connectivity index (χ0) is 10.6. The molecule has 1 rings (SSSR count). The van der Waals surface area contributed by atoms with Crippen molar-refractivity contribution in [3.63, 3.8) is 0 Å². The lowest BCUT2D eigenvalue weighted by Crippen LogP contribution is -2.61. The first kappa shape index (κ1) is 12.0. The number of nitrogens with two attached hydrogens (primary N) is 1. The van der Waals surface area contributed by atoms with E-state index in [2.05, 4.69) is 19.3 Å². The highest BCUT2D eigenvalue weighted by atomic mass is 16.5. The summed E-state index contributed by atoms with van der Waals surface area (Å²) in [4.78, 5) is 0. The van der Waals surface area contributed by atoms with E-state index in [9.17, 15) is 0 Å². The Morgan fingerprint density at radius 2 is 2.14 bits per heavy atom. The van der Waals surface area contributed by atoms with E-state index in [0.717, 1.165) is 12.8 Å². The molecule has 2 unspecified atom stereocenters. The van der Waals surface area contributed by atoms with E-state index >= 15 is 0 Å². The van der Waals surface area contributed by atoms with Crippen LogP contribution in [0, 0.1) is 5.92 Å². The second kappa shape index (κ2) is 5.10. The summed E-state index contributed by atoms with van der Waals surface area (Å²) in [6.45, 7) is 4.47. The van der Waals surface area contributed by atoms with Crippen molar-refractivity contribution in [1.82, 2.24) is 5.43 Å². The Morgan fingerprint density at radius 3 is 2.43 bits per heavy atom. The van der Waals surface area contributed by atoms with Crippen LogP contribution < -0.4 is 11.3 Å². The summed E-state index contributed by atoms with van der Waals surface area (Å²) in [5.74, 6) is 6.23. The van der Waals surface area contributed by atoms with Gasteiger partial charge in [0.25, 0.3) is 0 Å². The van der Waals surface area contributed by atoms with Crippen molar-refractivity contribution in [1.29, 1.82) is 0 Å². The highest BCUT2D eigenvalue weighted by molar-refractivity contribution is 5.00. The highest BCUT2D eigenvalue weighted by Crippen LogP contribution is 2.40. The summed E-state index contributed by atoms with van der Waals surface area (Å²) in [7, 11) is 1.81. The molecule has 14 heavy (non-hydrogen) atoms. The van der Waals surface area contributed by atoms with Gasteiger partial charge in [-0.1, -0.05) is 20.3 Å². The van der Waals surface area contributed by atoms with Gasteiger partial charge in [0.2, 0.25) is 0 Å². The lowest BCUT2D eigenvalue weighted by Gasteiger charge is -2.48. The molecule has 0 radical (unpaired) electrons. The Balaban J connectivity index is 2.59.